The van der Waals surface area contributed by atoms with Crippen molar-refractivity contribution in [2.45, 2.75) is 22.1 Å². The third-order valence-electron chi connectivity index (χ3n) is 3.28. The van der Waals surface area contributed by atoms with E-state index in [9.17, 15) is 43.2 Å². The van der Waals surface area contributed by atoms with E-state index in [0.29, 0.717) is 6.07 Å². The van der Waals surface area contributed by atoms with Crippen LogP contribution in [0.1, 0.15) is 11.1 Å². The van der Waals surface area contributed by atoms with Crippen molar-refractivity contribution in [3.8, 4) is 0 Å². The maximum Gasteiger partial charge on any atom is 0.416 e. The second-order valence-corrected chi connectivity index (χ2v) is 8.66. The molecule has 0 atom stereocenters. The lowest BCUT2D eigenvalue weighted by Crippen LogP contribution is -2.17. The van der Waals surface area contributed by atoms with Crippen LogP contribution in [0.25, 0.3) is 0 Å². The second kappa shape index (κ2) is 6.93. The van der Waals surface area contributed by atoms with Gasteiger partial charge in [-0.2, -0.15) is 26.3 Å². The van der Waals surface area contributed by atoms with Gasteiger partial charge < -0.3 is 0 Å². The number of hydrogen-bond donors (Lipinski definition) is 2. The lowest BCUT2D eigenvalue weighted by atomic mass is 10.1. The molecule has 2 rings (SSSR count). The number of rotatable bonds is 4. The average molecular weight is 448 g/mol. The summed E-state index contributed by atoms with van der Waals surface area (Å²) < 4.78 is 126. The summed E-state index contributed by atoms with van der Waals surface area (Å²) in [4.78, 5) is -1.35. The average Bonchev–Trinajstić information content (AvgIpc) is 2.52. The number of sulfonamides is 2. The van der Waals surface area contributed by atoms with Gasteiger partial charge in [-0.25, -0.2) is 22.0 Å². The number of halogens is 6. The van der Waals surface area contributed by atoms with Crippen LogP contribution in [0.4, 0.5) is 32.0 Å². The molecule has 0 aromatic heterocycles. The first-order valence-corrected chi connectivity index (χ1v) is 9.98. The Morgan fingerprint density at radius 1 is 0.750 bits per heavy atom. The maximum absolute atomic E-state index is 12.9. The number of anilines is 1. The van der Waals surface area contributed by atoms with Gasteiger partial charge in [0.15, 0.2) is 0 Å². The van der Waals surface area contributed by atoms with E-state index in [-0.39, 0.29) is 18.2 Å². The third kappa shape index (κ3) is 5.14. The van der Waals surface area contributed by atoms with Crippen LogP contribution in [0.5, 0.6) is 0 Å². The quantitative estimate of drug-likeness (QED) is 0.701. The van der Waals surface area contributed by atoms with Crippen LogP contribution >= 0.6 is 0 Å². The number of hydrogen-bond acceptors (Lipinski definition) is 4. The number of nitrogens with two attached hydrogens (primary N) is 1. The van der Waals surface area contributed by atoms with E-state index in [1.165, 1.54) is 0 Å². The molecule has 0 amide bonds. The maximum atomic E-state index is 12.9. The highest BCUT2D eigenvalue weighted by atomic mass is 32.2. The smallest absolute Gasteiger partial charge is 0.280 e. The molecule has 0 radical (unpaired) electrons. The largest absolute Gasteiger partial charge is 0.416 e. The van der Waals surface area contributed by atoms with E-state index in [0.717, 1.165) is 18.2 Å². The molecule has 0 fully saturated rings. The van der Waals surface area contributed by atoms with Gasteiger partial charge in [-0.15, -0.1) is 0 Å². The summed E-state index contributed by atoms with van der Waals surface area (Å²) in [5, 5.41) is 4.86. The monoisotopic (exact) mass is 448 g/mol. The summed E-state index contributed by atoms with van der Waals surface area (Å²) in [7, 11) is -9.03. The van der Waals surface area contributed by atoms with Gasteiger partial charge in [0.25, 0.3) is 10.0 Å². The van der Waals surface area contributed by atoms with Crippen LogP contribution in [-0.4, -0.2) is 16.8 Å². The van der Waals surface area contributed by atoms with Gasteiger partial charge in [0.05, 0.1) is 26.6 Å². The van der Waals surface area contributed by atoms with Crippen molar-refractivity contribution in [1.29, 1.82) is 0 Å². The van der Waals surface area contributed by atoms with E-state index in [2.05, 4.69) is 0 Å². The van der Waals surface area contributed by atoms with Crippen molar-refractivity contribution >= 4 is 25.7 Å². The van der Waals surface area contributed by atoms with Gasteiger partial charge >= 0.3 is 12.4 Å². The standard InChI is InChI=1S/C14H10F6N2O4S2/c15-13(16,17)8-4-9(14(18,19)20)6-10(5-8)22-28(25,26)12-3-1-2-11(7-12)27(21,23)24/h1-7,22H,(H2,21,23,24). The summed E-state index contributed by atoms with van der Waals surface area (Å²) in [6, 6.07) is 3.62. The van der Waals surface area contributed by atoms with E-state index in [1.807, 2.05) is 0 Å². The molecule has 14 heteroatoms. The summed E-state index contributed by atoms with van der Waals surface area (Å²) in [6.45, 7) is 0. The fraction of sp³-hybridized carbons (Fsp3) is 0.143. The Kier molecular flexibility index (Phi) is 5.44. The first kappa shape index (κ1) is 22.0. The van der Waals surface area contributed by atoms with Crippen molar-refractivity contribution in [3.05, 3.63) is 53.6 Å². The van der Waals surface area contributed by atoms with Crippen LogP contribution < -0.4 is 9.86 Å². The molecule has 0 heterocycles. The zero-order chi connectivity index (χ0) is 21.5. The molecule has 0 spiro atoms. The highest BCUT2D eigenvalue weighted by molar-refractivity contribution is 7.93. The van der Waals surface area contributed by atoms with Crippen molar-refractivity contribution in [3.63, 3.8) is 0 Å². The highest BCUT2D eigenvalue weighted by Crippen LogP contribution is 2.38. The summed E-state index contributed by atoms with van der Waals surface area (Å²) in [6.07, 6.45) is -10.3. The van der Waals surface area contributed by atoms with Crippen molar-refractivity contribution < 1.29 is 43.2 Å². The van der Waals surface area contributed by atoms with Crippen LogP contribution in [0.2, 0.25) is 0 Å². The third-order valence-corrected chi connectivity index (χ3v) is 5.57. The fourth-order valence-electron chi connectivity index (χ4n) is 2.05. The molecule has 28 heavy (non-hydrogen) atoms. The first-order valence-electron chi connectivity index (χ1n) is 6.95. The fourth-order valence-corrected chi connectivity index (χ4v) is 3.77. The topological polar surface area (TPSA) is 106 Å². The molecular weight excluding hydrogens is 438 g/mol. The minimum absolute atomic E-state index is 0.167. The van der Waals surface area contributed by atoms with Crippen molar-refractivity contribution in [2.75, 3.05) is 4.72 Å². The van der Waals surface area contributed by atoms with E-state index in [4.69, 9.17) is 5.14 Å². The Balaban J connectivity index is 2.55. The van der Waals surface area contributed by atoms with Crippen LogP contribution in [0.15, 0.2) is 52.3 Å². The lowest BCUT2D eigenvalue weighted by molar-refractivity contribution is -0.143. The van der Waals surface area contributed by atoms with E-state index >= 15 is 0 Å². The molecule has 2 aromatic rings. The van der Waals surface area contributed by atoms with Crippen molar-refractivity contribution in [1.82, 2.24) is 0 Å². The Labute approximate surface area is 155 Å². The lowest BCUT2D eigenvalue weighted by Gasteiger charge is -2.15. The molecule has 0 aliphatic heterocycles. The zero-order valence-electron chi connectivity index (χ0n) is 13.3. The van der Waals surface area contributed by atoms with Gasteiger partial charge in [0.2, 0.25) is 10.0 Å². The molecule has 154 valence electrons. The van der Waals surface area contributed by atoms with Crippen LogP contribution in [0.3, 0.4) is 0 Å². The molecule has 0 saturated carbocycles. The summed E-state index contributed by atoms with van der Waals surface area (Å²) >= 11 is 0. The predicted octanol–water partition coefficient (Wildman–Crippen LogP) is 3.17. The zero-order valence-corrected chi connectivity index (χ0v) is 15.0. The SMILES string of the molecule is NS(=O)(=O)c1cccc(S(=O)(=O)Nc2cc(C(F)(F)F)cc(C(F)(F)F)c2)c1. The Bertz CT molecular complexity index is 1080. The number of alkyl halides is 6. The molecule has 0 bridgehead atoms. The van der Waals surface area contributed by atoms with Crippen LogP contribution in [-0.2, 0) is 32.4 Å². The Morgan fingerprint density at radius 2 is 1.21 bits per heavy atom. The molecule has 0 unspecified atom stereocenters. The van der Waals surface area contributed by atoms with Gasteiger partial charge in [0, 0.05) is 0 Å². The predicted molar refractivity (Wildman–Crippen MR) is 85.1 cm³/mol. The van der Waals surface area contributed by atoms with E-state index in [1.54, 1.807) is 4.72 Å². The number of nitrogens with one attached hydrogen (secondary N) is 1. The van der Waals surface area contributed by atoms with Gasteiger partial charge in [0.1, 0.15) is 0 Å². The minimum Gasteiger partial charge on any atom is -0.280 e. The summed E-state index contributed by atoms with van der Waals surface area (Å²) in [5.74, 6) is 0. The molecule has 2 aromatic carbocycles. The molecule has 0 saturated heterocycles. The second-order valence-electron chi connectivity index (χ2n) is 5.42. The Hall–Kier alpha value is -2.32. The molecule has 0 aliphatic carbocycles. The molecule has 0 aliphatic rings. The number of benzene rings is 2. The highest BCUT2D eigenvalue weighted by Gasteiger charge is 2.37. The van der Waals surface area contributed by atoms with Gasteiger partial charge in [-0.1, -0.05) is 6.07 Å². The molecule has 6 nitrogen and oxygen atoms in total. The summed E-state index contributed by atoms with van der Waals surface area (Å²) in [5.41, 5.74) is -4.46. The number of primary sulfonamides is 1. The normalized spacial score (nSPS) is 13.4. The molecular formula is C14H10F6N2O4S2. The molecule has 3 N–H and O–H groups in total. The minimum atomic E-state index is -5.17. The first-order chi connectivity index (χ1) is 12.5. The van der Waals surface area contributed by atoms with Gasteiger partial charge in [-0.3, -0.25) is 4.72 Å². The van der Waals surface area contributed by atoms with Gasteiger partial charge in [-0.05, 0) is 36.4 Å². The van der Waals surface area contributed by atoms with E-state index < -0.39 is 59.0 Å². The van der Waals surface area contributed by atoms with Crippen LogP contribution in [0, 0.1) is 0 Å². The Morgan fingerprint density at radius 3 is 1.64 bits per heavy atom. The van der Waals surface area contributed by atoms with Crippen molar-refractivity contribution in [2.24, 2.45) is 5.14 Å².